The first-order valence-corrected chi connectivity index (χ1v) is 14.4. The molecule has 5 nitrogen and oxygen atoms in total. The first-order valence-electron chi connectivity index (χ1n) is 12.3. The standard InChI is InChI=1S/C30H25ClN4OS2/c1-19-13-14-22-23(17-32)30(38-26(22)16-19)35-29(36)27(20-8-3-2-4-9-20)37-25-12-6-5-11-24(25)34-18-21-10-7-15-33-28(21)31/h2-12,15,18-19,27H,13-14,16H2,1H3,(H,35,36). The summed E-state index contributed by atoms with van der Waals surface area (Å²) in [5.74, 6) is 0.418. The number of carbonyl (C=O) groups is 1. The van der Waals surface area contributed by atoms with Crippen molar-refractivity contribution in [1.29, 1.82) is 5.26 Å². The van der Waals surface area contributed by atoms with E-state index < -0.39 is 5.25 Å². The van der Waals surface area contributed by atoms with Gasteiger partial charge < -0.3 is 5.32 Å². The predicted octanol–water partition coefficient (Wildman–Crippen LogP) is 8.02. The maximum Gasteiger partial charge on any atom is 0.243 e. The highest BCUT2D eigenvalue weighted by Gasteiger charge is 2.28. The van der Waals surface area contributed by atoms with E-state index in [9.17, 15) is 10.1 Å². The SMILES string of the molecule is CC1CCc2c(sc(NC(=O)C(Sc3ccccc3N=Cc3cccnc3Cl)c3ccccc3)c2C#N)C1. The number of thiophene rings is 1. The second-order valence-electron chi connectivity index (χ2n) is 9.17. The minimum absolute atomic E-state index is 0.168. The van der Waals surface area contributed by atoms with Crippen LogP contribution in [0, 0.1) is 17.2 Å². The summed E-state index contributed by atoms with van der Waals surface area (Å²) in [6, 6.07) is 23.4. The number of benzene rings is 2. The zero-order valence-electron chi connectivity index (χ0n) is 20.7. The first-order chi connectivity index (χ1) is 18.5. The van der Waals surface area contributed by atoms with Crippen molar-refractivity contribution < 1.29 is 4.79 Å². The van der Waals surface area contributed by atoms with E-state index in [1.54, 1.807) is 23.7 Å². The monoisotopic (exact) mass is 556 g/mol. The van der Waals surface area contributed by atoms with Crippen LogP contribution in [-0.4, -0.2) is 17.1 Å². The number of halogens is 1. The zero-order valence-corrected chi connectivity index (χ0v) is 23.1. The predicted molar refractivity (Wildman–Crippen MR) is 157 cm³/mol. The van der Waals surface area contributed by atoms with Gasteiger partial charge in [0.05, 0.1) is 11.3 Å². The van der Waals surface area contributed by atoms with Crippen molar-refractivity contribution in [1.82, 2.24) is 4.98 Å². The van der Waals surface area contributed by atoms with Crippen LogP contribution < -0.4 is 5.32 Å². The number of aliphatic imine (C=N–C) groups is 1. The molecular formula is C30H25ClN4OS2. The number of nitrogens with zero attached hydrogens (tertiary/aromatic N) is 3. The van der Waals surface area contributed by atoms with E-state index in [1.165, 1.54) is 16.6 Å². The molecule has 1 aliphatic carbocycles. The first kappa shape index (κ1) is 26.2. The molecule has 0 saturated carbocycles. The fraction of sp³-hybridized carbons (Fsp3) is 0.200. The van der Waals surface area contributed by atoms with Crippen LogP contribution in [0.1, 0.15) is 45.7 Å². The van der Waals surface area contributed by atoms with Crippen molar-refractivity contribution >= 4 is 57.5 Å². The van der Waals surface area contributed by atoms with E-state index in [0.717, 1.165) is 41.0 Å². The molecule has 1 N–H and O–H groups in total. The van der Waals surface area contributed by atoms with Crippen molar-refractivity contribution in [3.8, 4) is 6.07 Å². The molecule has 0 radical (unpaired) electrons. The highest BCUT2D eigenvalue weighted by Crippen LogP contribution is 2.43. The smallest absolute Gasteiger partial charge is 0.243 e. The largest absolute Gasteiger partial charge is 0.315 e. The number of hydrogen-bond acceptors (Lipinski definition) is 6. The molecule has 5 rings (SSSR count). The third-order valence-electron chi connectivity index (χ3n) is 6.44. The second-order valence-corrected chi connectivity index (χ2v) is 11.8. The lowest BCUT2D eigenvalue weighted by atomic mass is 9.88. The number of hydrogen-bond donors (Lipinski definition) is 1. The van der Waals surface area contributed by atoms with E-state index in [1.807, 2.05) is 66.7 Å². The average molecular weight is 557 g/mol. The van der Waals surface area contributed by atoms with Crippen LogP contribution in [0.2, 0.25) is 5.15 Å². The number of nitrogens with one attached hydrogen (secondary N) is 1. The summed E-state index contributed by atoms with van der Waals surface area (Å²) in [7, 11) is 0. The lowest BCUT2D eigenvalue weighted by Gasteiger charge is -2.18. The molecule has 2 heterocycles. The van der Waals surface area contributed by atoms with Crippen molar-refractivity contribution in [2.75, 3.05) is 5.32 Å². The number of para-hydroxylation sites is 1. The Morgan fingerprint density at radius 1 is 1.21 bits per heavy atom. The Morgan fingerprint density at radius 2 is 2.00 bits per heavy atom. The Balaban J connectivity index is 1.45. The number of aromatic nitrogens is 1. The van der Waals surface area contributed by atoms with Gasteiger partial charge in [0.15, 0.2) is 0 Å². The van der Waals surface area contributed by atoms with Crippen LogP contribution in [0.15, 0.2) is 82.8 Å². The lowest BCUT2D eigenvalue weighted by molar-refractivity contribution is -0.115. The van der Waals surface area contributed by atoms with Crippen LogP contribution in [-0.2, 0) is 17.6 Å². The molecule has 0 spiro atoms. The van der Waals surface area contributed by atoms with Crippen molar-refractivity contribution in [3.63, 3.8) is 0 Å². The molecule has 2 aromatic heterocycles. The number of fused-ring (bicyclic) bond motifs is 1. The van der Waals surface area contributed by atoms with E-state index in [-0.39, 0.29) is 5.91 Å². The minimum atomic E-state index is -0.542. The molecule has 190 valence electrons. The fourth-order valence-corrected chi connectivity index (χ4v) is 7.10. The third-order valence-corrected chi connectivity index (χ3v) is 9.25. The van der Waals surface area contributed by atoms with Crippen LogP contribution in [0.5, 0.6) is 0 Å². The van der Waals surface area contributed by atoms with E-state index >= 15 is 0 Å². The molecule has 0 aliphatic heterocycles. The normalized spacial score (nSPS) is 15.6. The second kappa shape index (κ2) is 12.0. The van der Waals surface area contributed by atoms with Crippen molar-refractivity contribution in [2.24, 2.45) is 10.9 Å². The van der Waals surface area contributed by atoms with Gasteiger partial charge >= 0.3 is 0 Å². The quantitative estimate of drug-likeness (QED) is 0.142. The Labute approximate surface area is 235 Å². The summed E-state index contributed by atoms with van der Waals surface area (Å²) in [6.07, 6.45) is 6.22. The van der Waals surface area contributed by atoms with Gasteiger partial charge in [-0.25, -0.2) is 4.98 Å². The lowest BCUT2D eigenvalue weighted by Crippen LogP contribution is -2.19. The Hall–Kier alpha value is -3.44. The van der Waals surface area contributed by atoms with Crippen LogP contribution in [0.4, 0.5) is 10.7 Å². The van der Waals surface area contributed by atoms with Gasteiger partial charge in [-0.2, -0.15) is 5.26 Å². The highest BCUT2D eigenvalue weighted by molar-refractivity contribution is 8.00. The summed E-state index contributed by atoms with van der Waals surface area (Å²) in [4.78, 5) is 24.6. The number of carbonyl (C=O) groups excluding carboxylic acids is 1. The van der Waals surface area contributed by atoms with Gasteiger partial charge in [-0.3, -0.25) is 9.79 Å². The molecule has 0 fully saturated rings. The molecule has 1 amide bonds. The van der Waals surface area contributed by atoms with Gasteiger partial charge in [0.2, 0.25) is 5.91 Å². The van der Waals surface area contributed by atoms with E-state index in [0.29, 0.717) is 27.2 Å². The molecule has 0 bridgehead atoms. The number of rotatable bonds is 7. The number of nitriles is 1. The van der Waals surface area contributed by atoms with Gasteiger partial charge in [-0.05, 0) is 60.6 Å². The van der Waals surface area contributed by atoms with Gasteiger partial charge in [-0.1, -0.05) is 61.0 Å². The fourth-order valence-electron chi connectivity index (χ4n) is 4.46. The van der Waals surface area contributed by atoms with Crippen LogP contribution in [0.25, 0.3) is 0 Å². The molecule has 0 saturated heterocycles. The van der Waals surface area contributed by atoms with Crippen LogP contribution >= 0.6 is 34.7 Å². The maximum absolute atomic E-state index is 13.8. The summed E-state index contributed by atoms with van der Waals surface area (Å²) in [6.45, 7) is 2.23. The van der Waals surface area contributed by atoms with Crippen LogP contribution in [0.3, 0.4) is 0 Å². The third kappa shape index (κ3) is 5.83. The molecule has 2 aromatic carbocycles. The highest BCUT2D eigenvalue weighted by atomic mass is 35.5. The molecule has 38 heavy (non-hydrogen) atoms. The molecular weight excluding hydrogens is 532 g/mol. The Kier molecular flexibility index (Phi) is 8.23. The average Bonchev–Trinajstić information content (AvgIpc) is 3.27. The summed E-state index contributed by atoms with van der Waals surface area (Å²) in [5.41, 5.74) is 4.03. The van der Waals surface area contributed by atoms with E-state index in [2.05, 4.69) is 28.3 Å². The van der Waals surface area contributed by atoms with Crippen molar-refractivity contribution in [3.05, 3.63) is 105 Å². The number of thioether (sulfide) groups is 1. The van der Waals surface area contributed by atoms with Gasteiger partial charge in [0, 0.05) is 27.7 Å². The van der Waals surface area contributed by atoms with Gasteiger partial charge in [-0.15, -0.1) is 23.1 Å². The number of pyridine rings is 1. The number of amides is 1. The summed E-state index contributed by atoms with van der Waals surface area (Å²) in [5, 5.41) is 13.5. The zero-order chi connectivity index (χ0) is 26.5. The summed E-state index contributed by atoms with van der Waals surface area (Å²) >= 11 is 9.17. The topological polar surface area (TPSA) is 78.1 Å². The Morgan fingerprint density at radius 3 is 2.79 bits per heavy atom. The molecule has 4 aromatic rings. The van der Waals surface area contributed by atoms with Crippen molar-refractivity contribution in [2.45, 2.75) is 36.3 Å². The van der Waals surface area contributed by atoms with Gasteiger partial charge in [0.25, 0.3) is 0 Å². The summed E-state index contributed by atoms with van der Waals surface area (Å²) < 4.78 is 0. The minimum Gasteiger partial charge on any atom is -0.315 e. The molecule has 2 atom stereocenters. The molecule has 8 heteroatoms. The molecule has 1 aliphatic rings. The number of anilines is 1. The van der Waals surface area contributed by atoms with Gasteiger partial charge in [0.1, 0.15) is 21.5 Å². The molecule has 2 unspecified atom stereocenters. The maximum atomic E-state index is 13.8. The Bertz CT molecular complexity index is 1530. The van der Waals surface area contributed by atoms with E-state index in [4.69, 9.17) is 11.6 Å².